The van der Waals surface area contributed by atoms with E-state index in [1.165, 1.54) is 25.3 Å². The van der Waals surface area contributed by atoms with Crippen molar-refractivity contribution in [2.75, 3.05) is 0 Å². The maximum atomic E-state index is 13.7. The molecular formula is C12H8ClFN2O3. The minimum Gasteiger partial charge on any atom is -0.476 e. The number of nitrogens with zero attached hydrogens (tertiary/aromatic N) is 2. The molecule has 2 rings (SSSR count). The van der Waals surface area contributed by atoms with E-state index in [9.17, 15) is 14.0 Å². The Labute approximate surface area is 111 Å². The third-order valence-corrected chi connectivity index (χ3v) is 2.69. The standard InChI is InChI=1S/C12H8ClFN2O3/c1-6-5-16(15-10(11(6)17)12(18)19)9-4-7(13)2-3-8(9)14/h2-5H,1H3,(H,18,19). The van der Waals surface area contributed by atoms with Gasteiger partial charge in [0.2, 0.25) is 11.1 Å². The highest BCUT2D eigenvalue weighted by Crippen LogP contribution is 2.18. The summed E-state index contributed by atoms with van der Waals surface area (Å²) >= 11 is 5.75. The van der Waals surface area contributed by atoms with Gasteiger partial charge in [0, 0.05) is 16.8 Å². The molecule has 1 N–H and O–H groups in total. The quantitative estimate of drug-likeness (QED) is 0.915. The predicted molar refractivity (Wildman–Crippen MR) is 66.5 cm³/mol. The van der Waals surface area contributed by atoms with Crippen LogP contribution < -0.4 is 5.43 Å². The van der Waals surface area contributed by atoms with Crippen molar-refractivity contribution >= 4 is 17.6 Å². The second-order valence-corrected chi connectivity index (χ2v) is 4.27. The molecule has 0 amide bonds. The van der Waals surface area contributed by atoms with Gasteiger partial charge in [0.05, 0.1) is 0 Å². The third-order valence-electron chi connectivity index (χ3n) is 2.45. The van der Waals surface area contributed by atoms with Crippen molar-refractivity contribution in [3.63, 3.8) is 0 Å². The van der Waals surface area contributed by atoms with E-state index in [0.717, 1.165) is 10.7 Å². The molecule has 0 bridgehead atoms. The molecule has 1 aromatic carbocycles. The SMILES string of the molecule is Cc1cn(-c2cc(Cl)ccc2F)nc(C(=O)O)c1=O. The topological polar surface area (TPSA) is 72.2 Å². The Hall–Kier alpha value is -2.21. The van der Waals surface area contributed by atoms with E-state index in [1.807, 2.05) is 0 Å². The van der Waals surface area contributed by atoms with Crippen LogP contribution in [0.25, 0.3) is 5.69 Å². The summed E-state index contributed by atoms with van der Waals surface area (Å²) in [6, 6.07) is 3.78. The van der Waals surface area contributed by atoms with Crippen LogP contribution in [0.5, 0.6) is 0 Å². The summed E-state index contributed by atoms with van der Waals surface area (Å²) in [4.78, 5) is 22.5. The van der Waals surface area contributed by atoms with Gasteiger partial charge in [0.25, 0.3) is 0 Å². The predicted octanol–water partition coefficient (Wildman–Crippen LogP) is 2.03. The maximum absolute atomic E-state index is 13.7. The molecule has 98 valence electrons. The average molecular weight is 283 g/mol. The number of hydrogen-bond acceptors (Lipinski definition) is 3. The lowest BCUT2D eigenvalue weighted by atomic mass is 10.2. The Morgan fingerprint density at radius 2 is 2.16 bits per heavy atom. The van der Waals surface area contributed by atoms with Crippen LogP contribution in [0, 0.1) is 12.7 Å². The molecule has 7 heteroatoms. The highest BCUT2D eigenvalue weighted by atomic mass is 35.5. The van der Waals surface area contributed by atoms with Crippen molar-refractivity contribution in [3.05, 3.63) is 56.7 Å². The zero-order valence-corrected chi connectivity index (χ0v) is 10.5. The van der Waals surface area contributed by atoms with Gasteiger partial charge in [0.15, 0.2) is 0 Å². The van der Waals surface area contributed by atoms with Gasteiger partial charge in [-0.25, -0.2) is 13.9 Å². The van der Waals surface area contributed by atoms with Crippen molar-refractivity contribution in [3.8, 4) is 5.69 Å². The van der Waals surface area contributed by atoms with Gasteiger partial charge in [-0.05, 0) is 25.1 Å². The summed E-state index contributed by atoms with van der Waals surface area (Å²) < 4.78 is 14.7. The zero-order valence-electron chi connectivity index (χ0n) is 9.72. The van der Waals surface area contributed by atoms with E-state index >= 15 is 0 Å². The summed E-state index contributed by atoms with van der Waals surface area (Å²) in [7, 11) is 0. The smallest absolute Gasteiger partial charge is 0.360 e. The fraction of sp³-hybridized carbons (Fsp3) is 0.0833. The molecule has 0 saturated heterocycles. The Bertz CT molecular complexity index is 727. The molecule has 0 radical (unpaired) electrons. The number of carboxylic acids is 1. The Kier molecular flexibility index (Phi) is 3.35. The number of halogens is 2. The molecule has 0 unspecified atom stereocenters. The van der Waals surface area contributed by atoms with Crippen molar-refractivity contribution in [2.45, 2.75) is 6.92 Å². The van der Waals surface area contributed by atoms with Crippen molar-refractivity contribution in [1.29, 1.82) is 0 Å². The molecule has 19 heavy (non-hydrogen) atoms. The molecule has 0 atom stereocenters. The number of benzene rings is 1. The summed E-state index contributed by atoms with van der Waals surface area (Å²) in [5, 5.41) is 12.8. The van der Waals surface area contributed by atoms with Gasteiger partial charge in [-0.15, -0.1) is 0 Å². The second kappa shape index (κ2) is 4.81. The van der Waals surface area contributed by atoms with Gasteiger partial charge in [0.1, 0.15) is 11.5 Å². The highest BCUT2D eigenvalue weighted by molar-refractivity contribution is 6.30. The Morgan fingerprint density at radius 1 is 1.47 bits per heavy atom. The molecule has 1 heterocycles. The lowest BCUT2D eigenvalue weighted by Crippen LogP contribution is -2.23. The van der Waals surface area contributed by atoms with Crippen LogP contribution in [-0.4, -0.2) is 20.9 Å². The Morgan fingerprint density at radius 3 is 2.79 bits per heavy atom. The largest absolute Gasteiger partial charge is 0.476 e. The second-order valence-electron chi connectivity index (χ2n) is 3.84. The van der Waals surface area contributed by atoms with Crippen molar-refractivity contribution < 1.29 is 14.3 Å². The van der Waals surface area contributed by atoms with Crippen LogP contribution in [0.3, 0.4) is 0 Å². The van der Waals surface area contributed by atoms with Gasteiger partial charge in [-0.1, -0.05) is 11.6 Å². The molecule has 0 aliphatic heterocycles. The molecule has 0 fully saturated rings. The van der Waals surface area contributed by atoms with E-state index in [0.29, 0.717) is 0 Å². The summed E-state index contributed by atoms with van der Waals surface area (Å²) in [5.74, 6) is -2.10. The van der Waals surface area contributed by atoms with Gasteiger partial charge < -0.3 is 5.11 Å². The maximum Gasteiger partial charge on any atom is 0.360 e. The minimum atomic E-state index is -1.47. The first-order valence-electron chi connectivity index (χ1n) is 5.19. The number of hydrogen-bond donors (Lipinski definition) is 1. The first kappa shape index (κ1) is 13.2. The van der Waals surface area contributed by atoms with E-state index < -0.39 is 22.9 Å². The van der Waals surface area contributed by atoms with Gasteiger partial charge in [-0.2, -0.15) is 5.10 Å². The van der Waals surface area contributed by atoms with E-state index in [1.54, 1.807) is 0 Å². The van der Waals surface area contributed by atoms with Gasteiger partial charge in [-0.3, -0.25) is 4.79 Å². The number of carbonyl (C=O) groups is 1. The average Bonchev–Trinajstić information content (AvgIpc) is 2.35. The number of carboxylic acid groups (broad SMARTS) is 1. The van der Waals surface area contributed by atoms with Crippen molar-refractivity contribution in [1.82, 2.24) is 9.78 Å². The van der Waals surface area contributed by atoms with Crippen LogP contribution in [0.15, 0.2) is 29.2 Å². The molecule has 0 spiro atoms. The third kappa shape index (κ3) is 2.48. The Balaban J connectivity index is 2.73. The molecule has 0 saturated carbocycles. The zero-order chi connectivity index (χ0) is 14.2. The van der Waals surface area contributed by atoms with Crippen LogP contribution in [-0.2, 0) is 0 Å². The summed E-state index contributed by atoms with van der Waals surface area (Å²) in [5.41, 5.74) is -1.25. The van der Waals surface area contributed by atoms with Crippen LogP contribution in [0.2, 0.25) is 5.02 Å². The van der Waals surface area contributed by atoms with Crippen LogP contribution in [0.4, 0.5) is 4.39 Å². The molecule has 2 aromatic rings. The highest BCUT2D eigenvalue weighted by Gasteiger charge is 2.15. The molecule has 0 aliphatic rings. The lowest BCUT2D eigenvalue weighted by molar-refractivity contribution is 0.0686. The molecule has 0 aliphatic carbocycles. The lowest BCUT2D eigenvalue weighted by Gasteiger charge is -2.09. The number of aromatic carboxylic acids is 1. The fourth-order valence-electron chi connectivity index (χ4n) is 1.54. The van der Waals surface area contributed by atoms with Crippen LogP contribution >= 0.6 is 11.6 Å². The van der Waals surface area contributed by atoms with Crippen molar-refractivity contribution in [2.24, 2.45) is 0 Å². The molecular weight excluding hydrogens is 275 g/mol. The first-order valence-corrected chi connectivity index (χ1v) is 5.57. The van der Waals surface area contributed by atoms with Gasteiger partial charge >= 0.3 is 5.97 Å². The summed E-state index contributed by atoms with van der Waals surface area (Å²) in [6.07, 6.45) is 1.25. The van der Waals surface area contributed by atoms with E-state index in [2.05, 4.69) is 5.10 Å². The molecule has 5 nitrogen and oxygen atoms in total. The summed E-state index contributed by atoms with van der Waals surface area (Å²) in [6.45, 7) is 1.43. The number of rotatable bonds is 2. The normalized spacial score (nSPS) is 10.5. The monoisotopic (exact) mass is 282 g/mol. The molecule has 1 aromatic heterocycles. The minimum absolute atomic E-state index is 0.0295. The fourth-order valence-corrected chi connectivity index (χ4v) is 1.70. The number of aryl methyl sites for hydroxylation is 1. The van der Waals surface area contributed by atoms with Crippen LogP contribution in [0.1, 0.15) is 16.1 Å². The van der Waals surface area contributed by atoms with E-state index in [4.69, 9.17) is 16.7 Å². The first-order chi connectivity index (χ1) is 8.90. The number of aromatic nitrogens is 2. The van der Waals surface area contributed by atoms with E-state index in [-0.39, 0.29) is 16.3 Å².